The van der Waals surface area contributed by atoms with Gasteiger partial charge in [0.05, 0.1) is 23.7 Å². The number of aromatic nitrogens is 4. The highest BCUT2D eigenvalue weighted by molar-refractivity contribution is 5.82. The second-order valence-corrected chi connectivity index (χ2v) is 6.78. The smallest absolute Gasteiger partial charge is 0.293 e. The van der Waals surface area contributed by atoms with Gasteiger partial charge < -0.3 is 10.1 Å². The number of ether oxygens (including phenoxy) is 1. The molecular formula is C19H20FN5O3. The Bertz CT molecular complexity index is 1070. The van der Waals surface area contributed by atoms with Crippen molar-refractivity contribution in [1.82, 2.24) is 24.9 Å². The number of aryl methyl sites for hydroxylation is 1. The fraction of sp³-hybridized carbons (Fsp3) is 0.368. The van der Waals surface area contributed by atoms with E-state index in [0.29, 0.717) is 35.4 Å². The van der Waals surface area contributed by atoms with Crippen LogP contribution in [0.15, 0.2) is 35.3 Å². The monoisotopic (exact) mass is 385 g/mol. The third-order valence-corrected chi connectivity index (χ3v) is 4.78. The maximum Gasteiger partial charge on any atom is 0.293 e. The molecule has 9 heteroatoms. The summed E-state index contributed by atoms with van der Waals surface area (Å²) in [6, 6.07) is 5.67. The van der Waals surface area contributed by atoms with E-state index in [4.69, 9.17) is 4.74 Å². The van der Waals surface area contributed by atoms with Gasteiger partial charge in [0, 0.05) is 18.5 Å². The molecule has 3 aromatic rings. The summed E-state index contributed by atoms with van der Waals surface area (Å²) in [6.07, 6.45) is 3.48. The zero-order chi connectivity index (χ0) is 19.7. The van der Waals surface area contributed by atoms with Gasteiger partial charge in [-0.1, -0.05) is 0 Å². The van der Waals surface area contributed by atoms with Gasteiger partial charge in [-0.3, -0.25) is 9.59 Å². The molecule has 3 heterocycles. The van der Waals surface area contributed by atoms with Crippen LogP contribution in [0.1, 0.15) is 18.5 Å². The number of carbonyl (C=O) groups excluding carboxylic acids is 1. The summed E-state index contributed by atoms with van der Waals surface area (Å²) in [7, 11) is 0. The Balaban J connectivity index is 1.63. The quantitative estimate of drug-likeness (QED) is 0.715. The SMILES string of the molecule is Cc1nn(CC(=O)NC[C@@H]2CCCO2)c(=O)c2c1cnn2-c1ccc(F)cc1. The topological polar surface area (TPSA) is 91.0 Å². The highest BCUT2D eigenvalue weighted by Crippen LogP contribution is 2.17. The predicted molar refractivity (Wildman–Crippen MR) is 99.8 cm³/mol. The summed E-state index contributed by atoms with van der Waals surface area (Å²) >= 11 is 0. The molecule has 1 saturated heterocycles. The lowest BCUT2D eigenvalue weighted by Crippen LogP contribution is -2.37. The minimum absolute atomic E-state index is 0.0257. The average Bonchev–Trinajstić information content (AvgIpc) is 3.35. The zero-order valence-corrected chi connectivity index (χ0v) is 15.4. The number of carbonyl (C=O) groups is 1. The minimum atomic E-state index is -0.435. The van der Waals surface area contributed by atoms with Gasteiger partial charge in [-0.05, 0) is 44.0 Å². The van der Waals surface area contributed by atoms with Crippen LogP contribution in [0, 0.1) is 12.7 Å². The van der Waals surface area contributed by atoms with E-state index >= 15 is 0 Å². The van der Waals surface area contributed by atoms with Gasteiger partial charge >= 0.3 is 0 Å². The van der Waals surface area contributed by atoms with E-state index in [1.54, 1.807) is 13.1 Å². The van der Waals surface area contributed by atoms with E-state index in [-0.39, 0.29) is 24.4 Å². The molecule has 28 heavy (non-hydrogen) atoms. The molecule has 0 spiro atoms. The van der Waals surface area contributed by atoms with Crippen LogP contribution < -0.4 is 10.9 Å². The van der Waals surface area contributed by atoms with Gasteiger partial charge in [0.25, 0.3) is 5.56 Å². The number of rotatable bonds is 5. The van der Waals surface area contributed by atoms with Crippen LogP contribution in [-0.4, -0.2) is 44.7 Å². The van der Waals surface area contributed by atoms with Gasteiger partial charge in [0.1, 0.15) is 17.9 Å². The molecule has 4 rings (SSSR count). The van der Waals surface area contributed by atoms with Crippen molar-refractivity contribution in [2.75, 3.05) is 13.2 Å². The van der Waals surface area contributed by atoms with E-state index in [1.807, 2.05) is 0 Å². The van der Waals surface area contributed by atoms with E-state index < -0.39 is 5.56 Å². The normalized spacial score (nSPS) is 16.6. The molecule has 146 valence electrons. The van der Waals surface area contributed by atoms with Crippen LogP contribution in [0.4, 0.5) is 4.39 Å². The number of nitrogens with zero attached hydrogens (tertiary/aromatic N) is 4. The largest absolute Gasteiger partial charge is 0.376 e. The number of halogens is 1. The third-order valence-electron chi connectivity index (χ3n) is 4.78. The predicted octanol–water partition coefficient (Wildman–Crippen LogP) is 1.32. The molecule has 1 atom stereocenters. The van der Waals surface area contributed by atoms with Gasteiger partial charge in [-0.25, -0.2) is 13.8 Å². The summed E-state index contributed by atoms with van der Waals surface area (Å²) in [5, 5.41) is 11.9. The molecule has 1 aliphatic heterocycles. The third kappa shape index (κ3) is 3.53. The Morgan fingerprint density at radius 2 is 2.14 bits per heavy atom. The highest BCUT2D eigenvalue weighted by Gasteiger charge is 2.19. The van der Waals surface area contributed by atoms with E-state index in [2.05, 4.69) is 15.5 Å². The van der Waals surface area contributed by atoms with Crippen molar-refractivity contribution in [1.29, 1.82) is 0 Å². The summed E-state index contributed by atoms with van der Waals surface area (Å²) in [5.74, 6) is -0.685. The molecule has 0 unspecified atom stereocenters. The maximum atomic E-state index is 13.2. The molecule has 0 saturated carbocycles. The van der Waals surface area contributed by atoms with Crippen molar-refractivity contribution in [2.45, 2.75) is 32.4 Å². The molecule has 1 aliphatic rings. The lowest BCUT2D eigenvalue weighted by Gasteiger charge is -2.12. The second kappa shape index (κ2) is 7.51. The van der Waals surface area contributed by atoms with Crippen molar-refractivity contribution in [3.63, 3.8) is 0 Å². The van der Waals surface area contributed by atoms with Crippen LogP contribution in [0.3, 0.4) is 0 Å². The van der Waals surface area contributed by atoms with Crippen molar-refractivity contribution in [3.8, 4) is 5.69 Å². The first kappa shape index (κ1) is 18.3. The lowest BCUT2D eigenvalue weighted by molar-refractivity contribution is -0.122. The molecule has 1 fully saturated rings. The summed E-state index contributed by atoms with van der Waals surface area (Å²) in [6.45, 7) is 2.68. The molecule has 1 N–H and O–H groups in total. The number of benzene rings is 1. The molecule has 0 radical (unpaired) electrons. The van der Waals surface area contributed by atoms with Gasteiger partial charge in [-0.15, -0.1) is 0 Å². The van der Waals surface area contributed by atoms with Gasteiger partial charge in [0.15, 0.2) is 0 Å². The zero-order valence-electron chi connectivity index (χ0n) is 15.4. The maximum absolute atomic E-state index is 13.2. The Morgan fingerprint density at radius 1 is 1.36 bits per heavy atom. The Kier molecular flexibility index (Phi) is 4.91. The lowest BCUT2D eigenvalue weighted by atomic mass is 10.2. The van der Waals surface area contributed by atoms with E-state index in [1.165, 1.54) is 28.9 Å². The summed E-state index contributed by atoms with van der Waals surface area (Å²) in [4.78, 5) is 25.2. The van der Waals surface area contributed by atoms with Crippen molar-refractivity contribution >= 4 is 16.8 Å². The number of hydrogen-bond acceptors (Lipinski definition) is 5. The Hall–Kier alpha value is -3.07. The number of hydrogen-bond donors (Lipinski definition) is 1. The van der Waals surface area contributed by atoms with Crippen LogP contribution in [-0.2, 0) is 16.1 Å². The fourth-order valence-electron chi connectivity index (χ4n) is 3.33. The molecular weight excluding hydrogens is 365 g/mol. The number of nitrogens with one attached hydrogen (secondary N) is 1. The second-order valence-electron chi connectivity index (χ2n) is 6.78. The minimum Gasteiger partial charge on any atom is -0.376 e. The van der Waals surface area contributed by atoms with Gasteiger partial charge in [-0.2, -0.15) is 10.2 Å². The molecule has 2 aromatic heterocycles. The number of amides is 1. The van der Waals surface area contributed by atoms with Crippen molar-refractivity contribution < 1.29 is 13.9 Å². The molecule has 8 nitrogen and oxygen atoms in total. The molecule has 0 aliphatic carbocycles. The first-order chi connectivity index (χ1) is 13.5. The number of fused-ring (bicyclic) bond motifs is 1. The summed E-state index contributed by atoms with van der Waals surface area (Å²) < 4.78 is 21.3. The summed E-state index contributed by atoms with van der Waals surface area (Å²) in [5.41, 5.74) is 0.990. The van der Waals surface area contributed by atoms with Crippen LogP contribution in [0.25, 0.3) is 16.6 Å². The molecule has 1 aromatic carbocycles. The van der Waals surface area contributed by atoms with E-state index in [0.717, 1.165) is 17.5 Å². The Morgan fingerprint density at radius 3 is 2.86 bits per heavy atom. The molecule has 1 amide bonds. The standard InChI is InChI=1S/C19H20FN5O3/c1-12-16-10-22-25(14-6-4-13(20)5-7-14)18(16)19(27)24(23-12)11-17(26)21-9-15-3-2-8-28-15/h4-7,10,15H,2-3,8-9,11H2,1H3,(H,21,26)/t15-/m0/s1. The van der Waals surface area contributed by atoms with Crippen LogP contribution >= 0.6 is 0 Å². The fourth-order valence-corrected chi connectivity index (χ4v) is 3.33. The highest BCUT2D eigenvalue weighted by atomic mass is 19.1. The van der Waals surface area contributed by atoms with Gasteiger partial charge in [0.2, 0.25) is 5.91 Å². The Labute approximate surface area is 159 Å². The first-order valence-corrected chi connectivity index (χ1v) is 9.12. The van der Waals surface area contributed by atoms with Crippen LogP contribution in [0.2, 0.25) is 0 Å². The first-order valence-electron chi connectivity index (χ1n) is 9.12. The van der Waals surface area contributed by atoms with Crippen LogP contribution in [0.5, 0.6) is 0 Å². The van der Waals surface area contributed by atoms with Crippen molar-refractivity contribution in [3.05, 3.63) is 52.3 Å². The van der Waals surface area contributed by atoms with Crippen molar-refractivity contribution in [2.24, 2.45) is 0 Å². The molecule has 0 bridgehead atoms. The average molecular weight is 385 g/mol. The van der Waals surface area contributed by atoms with E-state index in [9.17, 15) is 14.0 Å².